The maximum Gasteiger partial charge on any atom is 0.109 e. The summed E-state index contributed by atoms with van der Waals surface area (Å²) in [6.07, 6.45) is 0.112. The van der Waals surface area contributed by atoms with Crippen LogP contribution in [0.25, 0.3) is 0 Å². The molecular formula is C7H6Cl4O. The molecule has 0 heterocycles. The summed E-state index contributed by atoms with van der Waals surface area (Å²) in [5, 5.41) is 10.2. The van der Waals surface area contributed by atoms with Crippen LogP contribution in [0.5, 0.6) is 0 Å². The topological polar surface area (TPSA) is 20.2 Å². The first-order valence-electron chi connectivity index (χ1n) is 3.52. The van der Waals surface area contributed by atoms with E-state index in [0.29, 0.717) is 22.9 Å². The van der Waals surface area contributed by atoms with Gasteiger partial charge in [0.15, 0.2) is 0 Å². The van der Waals surface area contributed by atoms with E-state index in [1.54, 1.807) is 0 Å². The first-order chi connectivity index (χ1) is 5.40. The van der Waals surface area contributed by atoms with Gasteiger partial charge >= 0.3 is 0 Å². The van der Waals surface area contributed by atoms with Gasteiger partial charge in [-0.15, -0.1) is 23.2 Å². The lowest BCUT2D eigenvalue weighted by atomic mass is 10.0. The van der Waals surface area contributed by atoms with E-state index >= 15 is 0 Å². The Morgan fingerprint density at radius 1 is 1.25 bits per heavy atom. The summed E-state index contributed by atoms with van der Waals surface area (Å²) in [7, 11) is 0. The molecular weight excluding hydrogens is 242 g/mol. The van der Waals surface area contributed by atoms with Gasteiger partial charge in [-0.05, 0) is 12.8 Å². The predicted molar refractivity (Wildman–Crippen MR) is 51.1 cm³/mol. The van der Waals surface area contributed by atoms with Crippen molar-refractivity contribution < 1.29 is 5.11 Å². The molecule has 2 rings (SSSR count). The molecule has 0 aromatic heterocycles. The van der Waals surface area contributed by atoms with Crippen LogP contribution >= 0.6 is 46.4 Å². The fourth-order valence-electron chi connectivity index (χ4n) is 1.84. The van der Waals surface area contributed by atoms with Gasteiger partial charge in [-0.2, -0.15) is 0 Å². The van der Waals surface area contributed by atoms with Gasteiger partial charge in [0.2, 0.25) is 0 Å². The van der Waals surface area contributed by atoms with Crippen molar-refractivity contribution >= 4 is 46.4 Å². The Morgan fingerprint density at radius 2 is 1.83 bits per heavy atom. The minimum absolute atomic E-state index is 0.305. The zero-order valence-corrected chi connectivity index (χ0v) is 8.97. The van der Waals surface area contributed by atoms with Crippen LogP contribution in [-0.4, -0.2) is 21.0 Å². The molecule has 1 fully saturated rings. The van der Waals surface area contributed by atoms with Crippen LogP contribution in [0.4, 0.5) is 0 Å². The van der Waals surface area contributed by atoms with Gasteiger partial charge in [0.1, 0.15) is 4.87 Å². The van der Waals surface area contributed by atoms with Gasteiger partial charge in [-0.1, -0.05) is 23.2 Å². The van der Waals surface area contributed by atoms with Crippen molar-refractivity contribution in [1.29, 1.82) is 0 Å². The monoisotopic (exact) mass is 246 g/mol. The molecule has 2 bridgehead atoms. The zero-order chi connectivity index (χ0) is 9.15. The minimum Gasteiger partial charge on any atom is -0.391 e. The number of aliphatic hydroxyl groups excluding tert-OH is 1. The molecule has 1 saturated carbocycles. The normalized spacial score (nSPS) is 52.2. The van der Waals surface area contributed by atoms with Gasteiger partial charge in [-0.3, -0.25) is 0 Å². The smallest absolute Gasteiger partial charge is 0.109 e. The van der Waals surface area contributed by atoms with Crippen molar-refractivity contribution in [3.63, 3.8) is 0 Å². The minimum atomic E-state index is -0.930. The van der Waals surface area contributed by atoms with Crippen LogP contribution in [0.15, 0.2) is 10.1 Å². The molecule has 68 valence electrons. The molecule has 0 radical (unpaired) electrons. The maximum absolute atomic E-state index is 9.54. The number of alkyl halides is 2. The van der Waals surface area contributed by atoms with Gasteiger partial charge in [-0.25, -0.2) is 0 Å². The number of aliphatic hydroxyl groups is 1. The van der Waals surface area contributed by atoms with E-state index in [0.717, 1.165) is 0 Å². The van der Waals surface area contributed by atoms with Crippen molar-refractivity contribution in [2.24, 2.45) is 0 Å². The highest BCUT2D eigenvalue weighted by Gasteiger charge is 2.62. The summed E-state index contributed by atoms with van der Waals surface area (Å²) in [4.78, 5) is -1.65. The molecule has 2 aliphatic rings. The summed E-state index contributed by atoms with van der Waals surface area (Å²) in [6.45, 7) is 0. The highest BCUT2D eigenvalue weighted by molar-refractivity contribution is 6.51. The van der Waals surface area contributed by atoms with Crippen LogP contribution in [0.1, 0.15) is 12.8 Å². The first kappa shape index (κ1) is 9.42. The van der Waals surface area contributed by atoms with Crippen LogP contribution < -0.4 is 0 Å². The van der Waals surface area contributed by atoms with Crippen molar-refractivity contribution in [3.05, 3.63) is 10.1 Å². The first-order valence-corrected chi connectivity index (χ1v) is 5.03. The van der Waals surface area contributed by atoms with E-state index in [-0.39, 0.29) is 0 Å². The summed E-state index contributed by atoms with van der Waals surface area (Å²) in [6, 6.07) is 0. The van der Waals surface area contributed by atoms with Gasteiger partial charge in [0.05, 0.1) is 21.0 Å². The lowest BCUT2D eigenvalue weighted by molar-refractivity contribution is 0.158. The highest BCUT2D eigenvalue weighted by atomic mass is 35.5. The lowest BCUT2D eigenvalue weighted by Crippen LogP contribution is -2.32. The molecule has 0 aromatic rings. The van der Waals surface area contributed by atoms with E-state index in [1.165, 1.54) is 0 Å². The number of hydrogen-bond acceptors (Lipinski definition) is 1. The second-order valence-corrected chi connectivity index (χ2v) is 5.51. The average Bonchev–Trinajstić information content (AvgIpc) is 2.29. The Balaban J connectivity index is 2.54. The average molecular weight is 248 g/mol. The molecule has 1 nitrogen and oxygen atoms in total. The van der Waals surface area contributed by atoms with Crippen molar-refractivity contribution in [1.82, 2.24) is 0 Å². The van der Waals surface area contributed by atoms with Crippen molar-refractivity contribution in [3.8, 4) is 0 Å². The maximum atomic E-state index is 9.54. The second-order valence-electron chi connectivity index (χ2n) is 3.35. The Morgan fingerprint density at radius 3 is 2.17 bits per heavy atom. The highest BCUT2D eigenvalue weighted by Crippen LogP contribution is 2.62. The third kappa shape index (κ3) is 0.921. The fourth-order valence-corrected chi connectivity index (χ4v) is 3.54. The standard InChI is InChI=1S/C7H6Cl4O/c8-4-5(9)7(11)2-6(4,10)1-3(7)12/h3,12H,1-2H2/t3-,6+,7+/m1/s1. The summed E-state index contributed by atoms with van der Waals surface area (Å²) in [5.74, 6) is 0. The number of rotatable bonds is 0. The molecule has 0 unspecified atom stereocenters. The Hall–Kier alpha value is 0.860. The summed E-state index contributed by atoms with van der Waals surface area (Å²) >= 11 is 23.9. The van der Waals surface area contributed by atoms with Gasteiger partial charge in [0, 0.05) is 0 Å². The number of hydrogen-bond donors (Lipinski definition) is 1. The third-order valence-electron chi connectivity index (χ3n) is 2.53. The molecule has 0 amide bonds. The number of halogens is 4. The van der Waals surface area contributed by atoms with E-state index in [1.807, 2.05) is 0 Å². The Labute approximate surface area is 90.2 Å². The molecule has 5 heteroatoms. The molecule has 3 atom stereocenters. The molecule has 0 aliphatic heterocycles. The molecule has 1 N–H and O–H groups in total. The number of allylic oxidation sites excluding steroid dienone is 1. The lowest BCUT2D eigenvalue weighted by Gasteiger charge is -2.25. The van der Waals surface area contributed by atoms with E-state index < -0.39 is 15.9 Å². The van der Waals surface area contributed by atoms with Crippen LogP contribution in [0.2, 0.25) is 0 Å². The largest absolute Gasteiger partial charge is 0.391 e. The molecule has 0 saturated heterocycles. The Kier molecular flexibility index (Phi) is 1.93. The predicted octanol–water partition coefficient (Wildman–Crippen LogP) is 2.80. The summed E-state index contributed by atoms with van der Waals surface area (Å²) in [5.41, 5.74) is 0. The van der Waals surface area contributed by atoms with E-state index in [2.05, 4.69) is 0 Å². The third-order valence-corrected chi connectivity index (χ3v) is 4.95. The van der Waals surface area contributed by atoms with Gasteiger partial charge in [0.25, 0.3) is 0 Å². The van der Waals surface area contributed by atoms with Crippen LogP contribution in [0, 0.1) is 0 Å². The van der Waals surface area contributed by atoms with Gasteiger partial charge < -0.3 is 5.11 Å². The fraction of sp³-hybridized carbons (Fsp3) is 0.714. The summed E-state index contributed by atoms with van der Waals surface area (Å²) < 4.78 is 0. The zero-order valence-electron chi connectivity index (χ0n) is 5.95. The van der Waals surface area contributed by atoms with E-state index in [4.69, 9.17) is 46.4 Å². The van der Waals surface area contributed by atoms with Crippen LogP contribution in [0.3, 0.4) is 0 Å². The second kappa shape index (κ2) is 2.46. The van der Waals surface area contributed by atoms with Crippen molar-refractivity contribution in [2.75, 3.05) is 0 Å². The molecule has 12 heavy (non-hydrogen) atoms. The molecule has 0 aromatic carbocycles. The van der Waals surface area contributed by atoms with Crippen LogP contribution in [-0.2, 0) is 0 Å². The molecule has 0 spiro atoms. The quantitative estimate of drug-likeness (QED) is 0.653. The number of fused-ring (bicyclic) bond motifs is 2. The SMILES string of the molecule is O[C@@H]1C[C@]2(Cl)C[C@@]1(Cl)C(Cl)=C2Cl. The van der Waals surface area contributed by atoms with Crippen molar-refractivity contribution in [2.45, 2.75) is 28.7 Å². The Bertz CT molecular complexity index is 277. The van der Waals surface area contributed by atoms with E-state index in [9.17, 15) is 5.11 Å². The molecule has 2 aliphatic carbocycles.